The van der Waals surface area contributed by atoms with E-state index in [2.05, 4.69) is 53.5 Å². The molecule has 0 aliphatic rings. The van der Waals surface area contributed by atoms with Gasteiger partial charge in [-0.05, 0) is 16.7 Å². The molecule has 0 unspecified atom stereocenters. The third-order valence-electron chi connectivity index (χ3n) is 4.48. The van der Waals surface area contributed by atoms with Crippen LogP contribution in [0.3, 0.4) is 0 Å². The summed E-state index contributed by atoms with van der Waals surface area (Å²) in [6, 6.07) is 22.9. The Morgan fingerprint density at radius 1 is 0.720 bits per heavy atom. The summed E-state index contributed by atoms with van der Waals surface area (Å²) in [5.74, 6) is 1.58. The zero-order chi connectivity index (χ0) is 17.2. The van der Waals surface area contributed by atoms with Crippen LogP contribution in [-0.4, -0.2) is 19.2 Å². The number of hydrogen-bond donors (Lipinski definition) is 1. The number of H-pyrrole nitrogens is 1. The number of ether oxygens (including phenoxy) is 2. The summed E-state index contributed by atoms with van der Waals surface area (Å²) >= 11 is 0. The largest absolute Gasteiger partial charge is 0.497 e. The van der Waals surface area contributed by atoms with E-state index in [0.717, 1.165) is 33.5 Å². The number of methoxy groups -OCH3 is 2. The molecule has 3 nitrogen and oxygen atoms in total. The monoisotopic (exact) mass is 329 g/mol. The minimum absolute atomic E-state index is 0.775. The van der Waals surface area contributed by atoms with E-state index < -0.39 is 0 Å². The van der Waals surface area contributed by atoms with Crippen LogP contribution in [0.4, 0.5) is 0 Å². The molecule has 4 rings (SSSR count). The Morgan fingerprint density at radius 2 is 1.40 bits per heavy atom. The third kappa shape index (κ3) is 2.74. The average Bonchev–Trinajstić information content (AvgIpc) is 3.12. The molecule has 3 aromatic carbocycles. The van der Waals surface area contributed by atoms with Crippen LogP contribution in [0.5, 0.6) is 11.5 Å². The molecule has 0 aliphatic heterocycles. The van der Waals surface area contributed by atoms with Gasteiger partial charge in [0, 0.05) is 29.3 Å². The Labute approximate surface area is 146 Å². The number of fused-ring (bicyclic) bond motifs is 1. The molecule has 1 N–H and O–H groups in total. The summed E-state index contributed by atoms with van der Waals surface area (Å²) in [4.78, 5) is 3.32. The van der Waals surface area contributed by atoms with Gasteiger partial charge in [-0.3, -0.25) is 0 Å². The molecule has 0 aliphatic carbocycles. The number of aromatic nitrogens is 1. The van der Waals surface area contributed by atoms with Crippen molar-refractivity contribution in [2.24, 2.45) is 0 Å². The molecule has 0 spiro atoms. The second-order valence-electron chi connectivity index (χ2n) is 5.90. The number of hydrogen-bond acceptors (Lipinski definition) is 2. The van der Waals surface area contributed by atoms with Crippen molar-refractivity contribution in [2.45, 2.75) is 0 Å². The van der Waals surface area contributed by atoms with E-state index >= 15 is 0 Å². The molecular weight excluding hydrogens is 310 g/mol. The average molecular weight is 329 g/mol. The maximum absolute atomic E-state index is 5.58. The summed E-state index contributed by atoms with van der Waals surface area (Å²) in [5, 5.41) is 1.07. The zero-order valence-corrected chi connectivity index (χ0v) is 14.2. The number of benzene rings is 3. The minimum atomic E-state index is 0.775. The summed E-state index contributed by atoms with van der Waals surface area (Å²) < 4.78 is 10.9. The SMILES string of the molecule is COc1cc(OC)c2c(-c3ccc(-c4ccccc4)cc3)c[nH]c2c1. The molecule has 0 radical (unpaired) electrons. The van der Waals surface area contributed by atoms with E-state index in [1.807, 2.05) is 24.4 Å². The third-order valence-corrected chi connectivity index (χ3v) is 4.48. The van der Waals surface area contributed by atoms with Gasteiger partial charge >= 0.3 is 0 Å². The summed E-state index contributed by atoms with van der Waals surface area (Å²) in [5.41, 5.74) is 5.69. The minimum Gasteiger partial charge on any atom is -0.497 e. The van der Waals surface area contributed by atoms with Crippen molar-refractivity contribution in [1.82, 2.24) is 4.98 Å². The molecule has 1 aromatic heterocycles. The first-order valence-electron chi connectivity index (χ1n) is 8.19. The molecule has 0 bridgehead atoms. The number of rotatable bonds is 4. The first kappa shape index (κ1) is 15.3. The maximum atomic E-state index is 5.58. The van der Waals surface area contributed by atoms with E-state index in [4.69, 9.17) is 9.47 Å². The lowest BCUT2D eigenvalue weighted by atomic mass is 9.99. The van der Waals surface area contributed by atoms with Gasteiger partial charge in [0.15, 0.2) is 0 Å². The predicted octanol–water partition coefficient (Wildman–Crippen LogP) is 5.52. The van der Waals surface area contributed by atoms with Crippen molar-refractivity contribution >= 4 is 10.9 Å². The summed E-state index contributed by atoms with van der Waals surface area (Å²) in [6.45, 7) is 0. The van der Waals surface area contributed by atoms with Crippen LogP contribution in [0, 0.1) is 0 Å². The Bertz CT molecular complexity index is 1000. The van der Waals surface area contributed by atoms with Crippen molar-refractivity contribution in [3.8, 4) is 33.8 Å². The molecular formula is C22H19NO2. The molecule has 0 saturated heterocycles. The van der Waals surface area contributed by atoms with E-state index in [0.29, 0.717) is 0 Å². The van der Waals surface area contributed by atoms with Gasteiger partial charge in [0.05, 0.1) is 19.7 Å². The topological polar surface area (TPSA) is 34.2 Å². The van der Waals surface area contributed by atoms with Gasteiger partial charge in [-0.15, -0.1) is 0 Å². The normalized spacial score (nSPS) is 10.8. The second kappa shape index (κ2) is 6.36. The highest BCUT2D eigenvalue weighted by molar-refractivity contribution is 6.01. The van der Waals surface area contributed by atoms with E-state index in [1.165, 1.54) is 11.1 Å². The van der Waals surface area contributed by atoms with E-state index in [9.17, 15) is 0 Å². The van der Waals surface area contributed by atoms with Crippen LogP contribution in [0.25, 0.3) is 33.2 Å². The molecule has 124 valence electrons. The van der Waals surface area contributed by atoms with Crippen molar-refractivity contribution < 1.29 is 9.47 Å². The van der Waals surface area contributed by atoms with Gasteiger partial charge in [0.2, 0.25) is 0 Å². The van der Waals surface area contributed by atoms with Gasteiger partial charge in [-0.1, -0.05) is 54.6 Å². The summed E-state index contributed by atoms with van der Waals surface area (Å²) in [7, 11) is 3.34. The van der Waals surface area contributed by atoms with Crippen molar-refractivity contribution in [1.29, 1.82) is 0 Å². The van der Waals surface area contributed by atoms with Crippen LogP contribution in [0.1, 0.15) is 0 Å². The lowest BCUT2D eigenvalue weighted by Crippen LogP contribution is -1.88. The van der Waals surface area contributed by atoms with Crippen molar-refractivity contribution in [3.63, 3.8) is 0 Å². The van der Waals surface area contributed by atoms with E-state index in [1.54, 1.807) is 14.2 Å². The predicted molar refractivity (Wildman–Crippen MR) is 102 cm³/mol. The molecule has 4 aromatic rings. The maximum Gasteiger partial charge on any atom is 0.132 e. The van der Waals surface area contributed by atoms with Crippen LogP contribution >= 0.6 is 0 Å². The second-order valence-corrected chi connectivity index (χ2v) is 5.90. The van der Waals surface area contributed by atoms with Gasteiger partial charge < -0.3 is 14.5 Å². The lowest BCUT2D eigenvalue weighted by Gasteiger charge is -2.09. The number of nitrogens with one attached hydrogen (secondary N) is 1. The molecule has 0 amide bonds. The fourth-order valence-corrected chi connectivity index (χ4v) is 3.18. The summed E-state index contributed by atoms with van der Waals surface area (Å²) in [6.07, 6.45) is 2.02. The molecule has 25 heavy (non-hydrogen) atoms. The molecule has 0 atom stereocenters. The molecule has 3 heteroatoms. The van der Waals surface area contributed by atoms with Crippen LogP contribution < -0.4 is 9.47 Å². The van der Waals surface area contributed by atoms with Crippen molar-refractivity contribution in [3.05, 3.63) is 72.9 Å². The Morgan fingerprint density at radius 3 is 2.08 bits per heavy atom. The van der Waals surface area contributed by atoms with Crippen LogP contribution in [0.2, 0.25) is 0 Å². The smallest absolute Gasteiger partial charge is 0.132 e. The first-order chi connectivity index (χ1) is 12.3. The van der Waals surface area contributed by atoms with Crippen LogP contribution in [-0.2, 0) is 0 Å². The van der Waals surface area contributed by atoms with E-state index in [-0.39, 0.29) is 0 Å². The zero-order valence-electron chi connectivity index (χ0n) is 14.2. The number of aromatic amines is 1. The highest BCUT2D eigenvalue weighted by Crippen LogP contribution is 2.38. The Balaban J connectivity index is 1.80. The standard InChI is InChI=1S/C22H19NO2/c1-24-18-12-20-22(21(13-18)25-2)19(14-23-20)17-10-8-16(9-11-17)15-6-4-3-5-7-15/h3-14,23H,1-2H3. The molecule has 0 fully saturated rings. The van der Waals surface area contributed by atoms with Gasteiger partial charge in [-0.25, -0.2) is 0 Å². The van der Waals surface area contributed by atoms with Gasteiger partial charge in [0.25, 0.3) is 0 Å². The van der Waals surface area contributed by atoms with Crippen molar-refractivity contribution in [2.75, 3.05) is 14.2 Å². The fourth-order valence-electron chi connectivity index (χ4n) is 3.18. The lowest BCUT2D eigenvalue weighted by molar-refractivity contribution is 0.398. The van der Waals surface area contributed by atoms with Gasteiger partial charge in [-0.2, -0.15) is 0 Å². The fraction of sp³-hybridized carbons (Fsp3) is 0.0909. The molecule has 1 heterocycles. The first-order valence-corrected chi connectivity index (χ1v) is 8.19. The Hall–Kier alpha value is -3.20. The Kier molecular flexibility index (Phi) is 3.90. The molecule has 0 saturated carbocycles. The van der Waals surface area contributed by atoms with Crippen LogP contribution in [0.15, 0.2) is 72.9 Å². The highest BCUT2D eigenvalue weighted by Gasteiger charge is 2.13. The quantitative estimate of drug-likeness (QED) is 0.535. The highest BCUT2D eigenvalue weighted by atomic mass is 16.5. The van der Waals surface area contributed by atoms with Gasteiger partial charge in [0.1, 0.15) is 11.5 Å².